The number of ether oxygens (including phenoxy) is 3. The predicted molar refractivity (Wildman–Crippen MR) is 121 cm³/mol. The van der Waals surface area contributed by atoms with Crippen LogP contribution in [0.25, 0.3) is 6.08 Å². The lowest BCUT2D eigenvalue weighted by Gasteiger charge is -2.10. The number of hydrogen-bond donors (Lipinski definition) is 0. The van der Waals surface area contributed by atoms with Crippen molar-refractivity contribution in [2.24, 2.45) is 4.99 Å². The maximum atomic E-state index is 12.4. The molecule has 0 N–H and O–H groups in total. The molecule has 160 valence electrons. The van der Waals surface area contributed by atoms with Crippen LogP contribution in [0.15, 0.2) is 77.4 Å². The largest absolute Gasteiger partial charge is 0.493 e. The summed E-state index contributed by atoms with van der Waals surface area (Å²) in [6.45, 7) is 1.92. The molecule has 0 spiro atoms. The molecule has 7 heteroatoms. The molecule has 32 heavy (non-hydrogen) atoms. The number of carbonyl (C=O) groups is 2. The number of nitrogens with zero attached hydrogens (tertiary/aromatic N) is 1. The average Bonchev–Trinajstić information content (AvgIpc) is 3.15. The molecular weight excluding hydrogens is 430 g/mol. The number of aryl methyl sites for hydroxylation is 1. The van der Waals surface area contributed by atoms with E-state index in [-0.39, 0.29) is 17.3 Å². The summed E-state index contributed by atoms with van der Waals surface area (Å²) in [6, 6.07) is 18.8. The van der Waals surface area contributed by atoms with Crippen molar-refractivity contribution in [3.8, 4) is 11.5 Å². The van der Waals surface area contributed by atoms with E-state index in [2.05, 4.69) is 4.99 Å². The first-order valence-corrected chi connectivity index (χ1v) is 10.1. The van der Waals surface area contributed by atoms with Gasteiger partial charge in [-0.15, -0.1) is 0 Å². The Labute approximate surface area is 189 Å². The van der Waals surface area contributed by atoms with Crippen LogP contribution in [0.4, 0.5) is 0 Å². The van der Waals surface area contributed by atoms with E-state index in [0.29, 0.717) is 21.9 Å². The van der Waals surface area contributed by atoms with Crippen LogP contribution < -0.4 is 9.47 Å². The first kappa shape index (κ1) is 21.3. The molecule has 4 rings (SSSR count). The number of carbonyl (C=O) groups excluding carboxylic acids is 2. The van der Waals surface area contributed by atoms with Crippen LogP contribution in [0, 0.1) is 6.92 Å². The minimum atomic E-state index is -0.544. The number of aliphatic imine (C=N–C) groups is 1. The molecule has 0 amide bonds. The summed E-state index contributed by atoms with van der Waals surface area (Å²) in [5.41, 5.74) is 2.86. The summed E-state index contributed by atoms with van der Waals surface area (Å²) in [5, 5.41) is 0.523. The maximum Gasteiger partial charge on any atom is 0.363 e. The van der Waals surface area contributed by atoms with Crippen LogP contribution in [0.1, 0.15) is 27.0 Å². The number of hydrogen-bond acceptors (Lipinski definition) is 6. The van der Waals surface area contributed by atoms with Gasteiger partial charge < -0.3 is 14.2 Å². The number of benzene rings is 3. The van der Waals surface area contributed by atoms with Crippen molar-refractivity contribution in [1.29, 1.82) is 0 Å². The van der Waals surface area contributed by atoms with Gasteiger partial charge in [-0.3, -0.25) is 0 Å². The highest BCUT2D eigenvalue weighted by molar-refractivity contribution is 6.30. The zero-order chi connectivity index (χ0) is 22.7. The third-order valence-corrected chi connectivity index (χ3v) is 5.02. The maximum absolute atomic E-state index is 12.4. The van der Waals surface area contributed by atoms with Crippen molar-refractivity contribution in [2.45, 2.75) is 6.92 Å². The Bertz CT molecular complexity index is 1260. The van der Waals surface area contributed by atoms with Gasteiger partial charge in [0.1, 0.15) is 0 Å². The van der Waals surface area contributed by atoms with Crippen molar-refractivity contribution in [3.63, 3.8) is 0 Å². The van der Waals surface area contributed by atoms with E-state index in [4.69, 9.17) is 25.8 Å². The minimum Gasteiger partial charge on any atom is -0.493 e. The van der Waals surface area contributed by atoms with Crippen molar-refractivity contribution in [1.82, 2.24) is 0 Å². The molecule has 0 radical (unpaired) electrons. The summed E-state index contributed by atoms with van der Waals surface area (Å²) in [7, 11) is 1.46. The second kappa shape index (κ2) is 9.08. The molecule has 0 bridgehead atoms. The quantitative estimate of drug-likeness (QED) is 0.304. The van der Waals surface area contributed by atoms with Crippen LogP contribution in [0.2, 0.25) is 5.02 Å². The molecule has 0 saturated carbocycles. The molecular formula is C25H18ClNO5. The third-order valence-electron chi connectivity index (χ3n) is 4.77. The zero-order valence-electron chi connectivity index (χ0n) is 17.3. The van der Waals surface area contributed by atoms with Gasteiger partial charge in [0.25, 0.3) is 0 Å². The molecule has 1 heterocycles. The van der Waals surface area contributed by atoms with Crippen LogP contribution in [-0.2, 0) is 9.53 Å². The summed E-state index contributed by atoms with van der Waals surface area (Å²) >= 11 is 5.85. The van der Waals surface area contributed by atoms with Gasteiger partial charge in [0, 0.05) is 10.6 Å². The fourth-order valence-electron chi connectivity index (χ4n) is 3.10. The monoisotopic (exact) mass is 447 g/mol. The first-order valence-electron chi connectivity index (χ1n) is 9.69. The molecule has 1 aliphatic heterocycles. The van der Waals surface area contributed by atoms with Crippen molar-refractivity contribution in [2.75, 3.05) is 7.11 Å². The van der Waals surface area contributed by atoms with Crippen LogP contribution in [0.5, 0.6) is 11.5 Å². The van der Waals surface area contributed by atoms with E-state index in [1.807, 2.05) is 31.2 Å². The lowest BCUT2D eigenvalue weighted by molar-refractivity contribution is -0.129. The Balaban J connectivity index is 1.58. The Hall–Kier alpha value is -3.90. The van der Waals surface area contributed by atoms with Crippen molar-refractivity contribution >= 4 is 35.5 Å². The highest BCUT2D eigenvalue weighted by Gasteiger charge is 2.25. The molecule has 3 aromatic rings. The van der Waals surface area contributed by atoms with Crippen molar-refractivity contribution < 1.29 is 23.8 Å². The second-order valence-electron chi connectivity index (χ2n) is 6.96. The molecule has 0 saturated heterocycles. The molecule has 6 nitrogen and oxygen atoms in total. The number of rotatable bonds is 5. The van der Waals surface area contributed by atoms with Crippen LogP contribution in [0.3, 0.4) is 0 Å². The summed E-state index contributed by atoms with van der Waals surface area (Å²) in [5.74, 6) is -0.248. The molecule has 0 fully saturated rings. The van der Waals surface area contributed by atoms with E-state index in [1.165, 1.54) is 7.11 Å². The van der Waals surface area contributed by atoms with Gasteiger partial charge in [0.15, 0.2) is 17.2 Å². The fraction of sp³-hybridized carbons (Fsp3) is 0.0800. The first-order chi connectivity index (χ1) is 15.4. The Morgan fingerprint density at radius 3 is 2.50 bits per heavy atom. The summed E-state index contributed by atoms with van der Waals surface area (Å²) in [6.07, 6.45) is 1.58. The van der Waals surface area contributed by atoms with E-state index in [0.717, 1.165) is 11.1 Å². The topological polar surface area (TPSA) is 74.2 Å². The highest BCUT2D eigenvalue weighted by atomic mass is 35.5. The molecule has 1 aliphatic rings. The van der Waals surface area contributed by atoms with E-state index >= 15 is 0 Å². The normalized spacial score (nSPS) is 14.2. The second-order valence-corrected chi connectivity index (χ2v) is 7.39. The minimum absolute atomic E-state index is 0.163. The van der Waals surface area contributed by atoms with Gasteiger partial charge in [-0.25, -0.2) is 14.6 Å². The molecule has 0 aliphatic carbocycles. The third kappa shape index (κ3) is 4.55. The summed E-state index contributed by atoms with van der Waals surface area (Å²) in [4.78, 5) is 29.0. The SMILES string of the molecule is COc1cc(C=C2N=C(c3ccccc3C)OC2=O)ccc1OC(=O)c1ccc(Cl)cc1. The lowest BCUT2D eigenvalue weighted by atomic mass is 10.1. The summed E-state index contributed by atoms with van der Waals surface area (Å²) < 4.78 is 16.1. The standard InChI is InChI=1S/C25H18ClNO5/c1-15-5-3-4-6-19(15)23-27-20(25(29)32-23)13-16-7-12-21(22(14-16)30-2)31-24(28)17-8-10-18(26)11-9-17/h3-14H,1-2H3. The molecule has 0 aromatic heterocycles. The lowest BCUT2D eigenvalue weighted by Crippen LogP contribution is -2.09. The van der Waals surface area contributed by atoms with Gasteiger partial charge in [-0.2, -0.15) is 0 Å². The number of cyclic esters (lactones) is 1. The number of halogens is 1. The zero-order valence-corrected chi connectivity index (χ0v) is 18.1. The van der Waals surface area contributed by atoms with Gasteiger partial charge in [-0.05, 0) is 66.6 Å². The van der Waals surface area contributed by atoms with Crippen molar-refractivity contribution in [3.05, 3.63) is 99.7 Å². The van der Waals surface area contributed by atoms with Gasteiger partial charge in [-0.1, -0.05) is 35.9 Å². The highest BCUT2D eigenvalue weighted by Crippen LogP contribution is 2.30. The fourth-order valence-corrected chi connectivity index (χ4v) is 3.22. The molecule has 0 atom stereocenters. The Morgan fingerprint density at radius 2 is 1.78 bits per heavy atom. The van der Waals surface area contributed by atoms with Gasteiger partial charge >= 0.3 is 11.9 Å². The van der Waals surface area contributed by atoms with Gasteiger partial charge in [0.2, 0.25) is 5.90 Å². The smallest absolute Gasteiger partial charge is 0.363 e. The van der Waals surface area contributed by atoms with Crippen LogP contribution >= 0.6 is 11.6 Å². The van der Waals surface area contributed by atoms with Gasteiger partial charge in [0.05, 0.1) is 12.7 Å². The predicted octanol–water partition coefficient (Wildman–Crippen LogP) is 5.22. The molecule has 0 unspecified atom stereocenters. The Kier molecular flexibility index (Phi) is 6.05. The van der Waals surface area contributed by atoms with Crippen LogP contribution in [-0.4, -0.2) is 24.9 Å². The molecule has 3 aromatic carbocycles. The van der Waals surface area contributed by atoms with E-state index in [9.17, 15) is 9.59 Å². The van der Waals surface area contributed by atoms with E-state index < -0.39 is 11.9 Å². The van der Waals surface area contributed by atoms with E-state index in [1.54, 1.807) is 48.5 Å². The number of esters is 2. The average molecular weight is 448 g/mol. The Morgan fingerprint density at radius 1 is 1.03 bits per heavy atom. The number of methoxy groups -OCH3 is 1.